The van der Waals surface area contributed by atoms with Crippen LogP contribution in [0.4, 0.5) is 22.7 Å². The van der Waals surface area contributed by atoms with E-state index in [4.69, 9.17) is 9.47 Å². The minimum Gasteiger partial charge on any atom is -0.494 e. The van der Waals surface area contributed by atoms with Crippen LogP contribution in [-0.2, 0) is 0 Å². The van der Waals surface area contributed by atoms with Gasteiger partial charge in [-0.25, -0.2) is 0 Å². The van der Waals surface area contributed by atoms with Crippen molar-refractivity contribution in [2.24, 2.45) is 0 Å². The lowest BCUT2D eigenvalue weighted by Crippen LogP contribution is -2.10. The van der Waals surface area contributed by atoms with Gasteiger partial charge in [-0.2, -0.15) is 0 Å². The lowest BCUT2D eigenvalue weighted by Gasteiger charge is -2.26. The molecule has 5 aromatic carbocycles. The molecule has 6 rings (SSSR count). The molecule has 0 radical (unpaired) electrons. The van der Waals surface area contributed by atoms with Crippen molar-refractivity contribution in [3.05, 3.63) is 121 Å². The standard InChI is InChI=1S/C45H52N2O2/c1-3-5-7-9-33-48-44-29-15-37(16-30-44)35-11-23-41(24-12-35)47(43-27-21-40(22-28-43)46-39-19-20-39)42-25-13-36(14-26-42)38-17-31-45(32-18-38)49-34-10-8-6-4-2/h11-18,21-32,39,46H,3-10,19-20,33-34H2,1-2H3. The van der Waals surface area contributed by atoms with Gasteiger partial charge in [0.05, 0.1) is 13.2 Å². The number of ether oxygens (including phenoxy) is 2. The summed E-state index contributed by atoms with van der Waals surface area (Å²) in [7, 11) is 0. The first-order chi connectivity index (χ1) is 24.2. The van der Waals surface area contributed by atoms with Gasteiger partial charge in [-0.1, -0.05) is 101 Å². The van der Waals surface area contributed by atoms with Crippen LogP contribution >= 0.6 is 0 Å². The van der Waals surface area contributed by atoms with Crippen molar-refractivity contribution in [2.45, 2.75) is 84.1 Å². The van der Waals surface area contributed by atoms with Gasteiger partial charge in [0.15, 0.2) is 0 Å². The number of anilines is 4. The van der Waals surface area contributed by atoms with Crippen LogP contribution in [0.3, 0.4) is 0 Å². The number of benzene rings is 5. The number of hydrogen-bond acceptors (Lipinski definition) is 4. The Hall–Kier alpha value is -4.70. The molecular formula is C45H52N2O2. The highest BCUT2D eigenvalue weighted by Crippen LogP contribution is 2.38. The number of unbranched alkanes of at least 4 members (excludes halogenated alkanes) is 6. The third-order valence-electron chi connectivity index (χ3n) is 9.23. The van der Waals surface area contributed by atoms with Crippen LogP contribution in [0.2, 0.25) is 0 Å². The summed E-state index contributed by atoms with van der Waals surface area (Å²) in [4.78, 5) is 2.33. The van der Waals surface area contributed by atoms with E-state index in [1.807, 2.05) is 0 Å². The highest BCUT2D eigenvalue weighted by atomic mass is 16.5. The third kappa shape index (κ3) is 9.92. The van der Waals surface area contributed by atoms with Gasteiger partial charge in [0.25, 0.3) is 0 Å². The molecule has 0 saturated heterocycles. The molecule has 4 heteroatoms. The molecule has 254 valence electrons. The molecule has 1 saturated carbocycles. The molecule has 0 atom stereocenters. The van der Waals surface area contributed by atoms with Gasteiger partial charge in [-0.3, -0.25) is 0 Å². The van der Waals surface area contributed by atoms with Crippen LogP contribution in [0.1, 0.15) is 78.1 Å². The van der Waals surface area contributed by atoms with Gasteiger partial charge in [-0.05, 0) is 121 Å². The Morgan fingerprint density at radius 1 is 0.469 bits per heavy atom. The monoisotopic (exact) mass is 652 g/mol. The highest BCUT2D eigenvalue weighted by Gasteiger charge is 2.21. The van der Waals surface area contributed by atoms with E-state index >= 15 is 0 Å². The topological polar surface area (TPSA) is 33.7 Å². The number of rotatable bonds is 19. The lowest BCUT2D eigenvalue weighted by atomic mass is 10.0. The lowest BCUT2D eigenvalue weighted by molar-refractivity contribution is 0.305. The summed E-state index contributed by atoms with van der Waals surface area (Å²) in [6.45, 7) is 6.03. The van der Waals surface area contributed by atoms with E-state index in [2.05, 4.69) is 145 Å². The van der Waals surface area contributed by atoms with E-state index in [1.54, 1.807) is 0 Å². The molecule has 0 bridgehead atoms. The third-order valence-corrected chi connectivity index (χ3v) is 9.23. The molecule has 0 amide bonds. The van der Waals surface area contributed by atoms with Crippen molar-refractivity contribution < 1.29 is 9.47 Å². The molecule has 0 aliphatic heterocycles. The summed E-state index contributed by atoms with van der Waals surface area (Å²) in [5, 5.41) is 3.62. The predicted molar refractivity (Wildman–Crippen MR) is 208 cm³/mol. The van der Waals surface area contributed by atoms with Crippen LogP contribution in [0, 0.1) is 0 Å². The largest absolute Gasteiger partial charge is 0.494 e. The van der Waals surface area contributed by atoms with Crippen molar-refractivity contribution in [1.29, 1.82) is 0 Å². The van der Waals surface area contributed by atoms with Crippen LogP contribution in [0.5, 0.6) is 11.5 Å². The Bertz CT molecular complexity index is 1570. The first-order valence-electron chi connectivity index (χ1n) is 18.5. The van der Waals surface area contributed by atoms with E-state index in [9.17, 15) is 0 Å². The zero-order valence-corrected chi connectivity index (χ0v) is 29.4. The van der Waals surface area contributed by atoms with Gasteiger partial charge in [0.1, 0.15) is 11.5 Å². The van der Waals surface area contributed by atoms with E-state index < -0.39 is 0 Å². The minimum absolute atomic E-state index is 0.625. The zero-order valence-electron chi connectivity index (χ0n) is 29.4. The molecule has 1 N–H and O–H groups in total. The molecule has 49 heavy (non-hydrogen) atoms. The summed E-state index contributed by atoms with van der Waals surface area (Å²) in [5.41, 5.74) is 9.28. The van der Waals surface area contributed by atoms with Gasteiger partial charge >= 0.3 is 0 Å². The first kappa shape index (κ1) is 34.2. The summed E-state index contributed by atoms with van der Waals surface area (Å²) < 4.78 is 11.9. The molecular weight excluding hydrogens is 601 g/mol. The average molecular weight is 653 g/mol. The Balaban J connectivity index is 1.17. The van der Waals surface area contributed by atoms with E-state index in [-0.39, 0.29) is 0 Å². The average Bonchev–Trinajstić information content (AvgIpc) is 3.98. The molecule has 0 unspecified atom stereocenters. The Morgan fingerprint density at radius 3 is 1.20 bits per heavy atom. The van der Waals surface area contributed by atoms with E-state index in [0.29, 0.717) is 6.04 Å². The second-order valence-electron chi connectivity index (χ2n) is 13.3. The van der Waals surface area contributed by atoms with Crippen LogP contribution < -0.4 is 19.7 Å². The minimum atomic E-state index is 0.625. The van der Waals surface area contributed by atoms with Gasteiger partial charge in [0, 0.05) is 28.8 Å². The van der Waals surface area contributed by atoms with Gasteiger partial charge < -0.3 is 19.7 Å². The Morgan fingerprint density at radius 2 is 0.837 bits per heavy atom. The Kier molecular flexibility index (Phi) is 12.3. The predicted octanol–water partition coefficient (Wildman–Crippen LogP) is 13.0. The Labute approximate surface area is 294 Å². The highest BCUT2D eigenvalue weighted by molar-refractivity contribution is 5.80. The van der Waals surface area contributed by atoms with Crippen molar-refractivity contribution in [2.75, 3.05) is 23.4 Å². The second-order valence-corrected chi connectivity index (χ2v) is 13.3. The summed E-state index contributed by atoms with van der Waals surface area (Å²) >= 11 is 0. The van der Waals surface area contributed by atoms with Crippen LogP contribution in [0.25, 0.3) is 22.3 Å². The fourth-order valence-corrected chi connectivity index (χ4v) is 6.15. The van der Waals surface area contributed by atoms with Crippen molar-refractivity contribution in [3.8, 4) is 33.8 Å². The summed E-state index contributed by atoms with van der Waals surface area (Å²) in [5.74, 6) is 1.88. The summed E-state index contributed by atoms with van der Waals surface area (Å²) in [6, 6.07) is 44.2. The maximum absolute atomic E-state index is 5.97. The molecule has 1 aliphatic carbocycles. The number of hydrogen-bond donors (Lipinski definition) is 1. The molecule has 0 spiro atoms. The molecule has 0 aromatic heterocycles. The number of nitrogens with zero attached hydrogens (tertiary/aromatic N) is 1. The number of nitrogens with one attached hydrogen (secondary N) is 1. The maximum atomic E-state index is 5.97. The smallest absolute Gasteiger partial charge is 0.119 e. The van der Waals surface area contributed by atoms with E-state index in [1.165, 1.54) is 79.3 Å². The zero-order chi connectivity index (χ0) is 33.7. The van der Waals surface area contributed by atoms with Crippen molar-refractivity contribution in [1.82, 2.24) is 0 Å². The molecule has 1 fully saturated rings. The summed E-state index contributed by atoms with van der Waals surface area (Å²) in [6.07, 6.45) is 12.2. The molecule has 0 heterocycles. The SMILES string of the molecule is CCCCCCOc1ccc(-c2ccc(N(c3ccc(NC4CC4)cc3)c3ccc(-c4ccc(OCCCCCC)cc4)cc3)cc2)cc1. The fourth-order valence-electron chi connectivity index (χ4n) is 6.15. The van der Waals surface area contributed by atoms with E-state index in [0.717, 1.165) is 54.6 Å². The maximum Gasteiger partial charge on any atom is 0.119 e. The molecule has 1 aliphatic rings. The van der Waals surface area contributed by atoms with Gasteiger partial charge in [0.2, 0.25) is 0 Å². The quantitative estimate of drug-likeness (QED) is 0.0900. The van der Waals surface area contributed by atoms with Crippen LogP contribution in [0.15, 0.2) is 121 Å². The van der Waals surface area contributed by atoms with Gasteiger partial charge in [-0.15, -0.1) is 0 Å². The first-order valence-corrected chi connectivity index (χ1v) is 18.5. The molecule has 4 nitrogen and oxygen atoms in total. The molecule has 5 aromatic rings. The fraction of sp³-hybridized carbons (Fsp3) is 0.333. The van der Waals surface area contributed by atoms with Crippen molar-refractivity contribution >= 4 is 22.7 Å². The normalized spacial score (nSPS) is 12.4. The second kappa shape index (κ2) is 17.6. The van der Waals surface area contributed by atoms with Crippen molar-refractivity contribution in [3.63, 3.8) is 0 Å². The van der Waals surface area contributed by atoms with Crippen LogP contribution in [-0.4, -0.2) is 19.3 Å².